The third kappa shape index (κ3) is 6.87. The Balaban J connectivity index is 1.98. The summed E-state index contributed by atoms with van der Waals surface area (Å²) in [7, 11) is 2.70. The number of H-pyrrole nitrogens is 2. The molecule has 2 aliphatic heterocycles. The number of carbonyl (C=O) groups is 3. The summed E-state index contributed by atoms with van der Waals surface area (Å²) in [6, 6.07) is 6.10. The van der Waals surface area contributed by atoms with Gasteiger partial charge in [-0.2, -0.15) is 0 Å². The predicted molar refractivity (Wildman–Crippen MR) is 197 cm³/mol. The van der Waals surface area contributed by atoms with Gasteiger partial charge in [0.1, 0.15) is 0 Å². The second-order valence-electron chi connectivity index (χ2n) is 12.9. The Morgan fingerprint density at radius 1 is 0.960 bits per heavy atom. The number of esters is 2. The maximum atomic E-state index is 14.0. The first-order valence-electron chi connectivity index (χ1n) is 17.2. The number of nitrogens with zero attached hydrogens (tertiary/aromatic N) is 2. The van der Waals surface area contributed by atoms with Crippen LogP contribution in [0.5, 0.6) is 0 Å². The molecule has 0 aliphatic carbocycles. The Morgan fingerprint density at radius 3 is 2.32 bits per heavy atom. The van der Waals surface area contributed by atoms with Gasteiger partial charge in [-0.3, -0.25) is 19.4 Å². The molecule has 0 aromatic carbocycles. The highest BCUT2D eigenvalue weighted by molar-refractivity contribution is 6.27. The third-order valence-electron chi connectivity index (χ3n) is 10.1. The SMILES string of the molecule is C=Cc1c(C)c2cc3nc(c(CC(=O)OC)c4nc(cc5[nH]c(cc1[nH]2)c(C)c5CC)C(C)=C4C(=O)NCCCN)C(CCC(=O)OC)C3C. The van der Waals surface area contributed by atoms with Crippen LogP contribution in [0.3, 0.4) is 0 Å². The molecule has 0 radical (unpaired) electrons. The van der Waals surface area contributed by atoms with Crippen LogP contribution in [0.4, 0.5) is 0 Å². The lowest BCUT2D eigenvalue weighted by Crippen LogP contribution is -2.27. The van der Waals surface area contributed by atoms with Crippen molar-refractivity contribution in [2.24, 2.45) is 5.73 Å². The number of nitrogens with two attached hydrogens (primary N) is 1. The number of rotatable bonds is 11. The second kappa shape index (κ2) is 15.2. The average Bonchev–Trinajstić information content (AvgIpc) is 3.78. The summed E-state index contributed by atoms with van der Waals surface area (Å²) >= 11 is 0. The van der Waals surface area contributed by atoms with Crippen molar-refractivity contribution in [2.45, 2.75) is 78.6 Å². The van der Waals surface area contributed by atoms with Crippen molar-refractivity contribution < 1.29 is 23.9 Å². The molecule has 1 amide bonds. The van der Waals surface area contributed by atoms with Crippen LogP contribution in [-0.2, 0) is 36.7 Å². The molecular formula is C39H48N6O5. The van der Waals surface area contributed by atoms with Crippen LogP contribution in [0.2, 0.25) is 0 Å². The van der Waals surface area contributed by atoms with Crippen LogP contribution < -0.4 is 11.1 Å². The number of hydrogen-bond donors (Lipinski definition) is 4. The van der Waals surface area contributed by atoms with Gasteiger partial charge in [-0.05, 0) is 87.0 Å². The molecule has 0 fully saturated rings. The number of hydrogen-bond acceptors (Lipinski definition) is 8. The van der Waals surface area contributed by atoms with Gasteiger partial charge in [0.15, 0.2) is 0 Å². The molecule has 5 heterocycles. The molecule has 8 bridgehead atoms. The van der Waals surface area contributed by atoms with Crippen molar-refractivity contribution in [2.75, 3.05) is 27.3 Å². The molecule has 5 rings (SSSR count). The molecule has 11 heteroatoms. The summed E-state index contributed by atoms with van der Waals surface area (Å²) in [4.78, 5) is 57.1. The minimum atomic E-state index is -0.497. The van der Waals surface area contributed by atoms with Crippen molar-refractivity contribution in [3.63, 3.8) is 0 Å². The number of nitrogens with one attached hydrogen (secondary N) is 3. The van der Waals surface area contributed by atoms with Crippen LogP contribution in [0.25, 0.3) is 39.3 Å². The van der Waals surface area contributed by atoms with E-state index in [1.807, 2.05) is 32.1 Å². The van der Waals surface area contributed by atoms with Crippen molar-refractivity contribution in [3.05, 3.63) is 75.4 Å². The van der Waals surface area contributed by atoms with Crippen LogP contribution in [-0.4, -0.2) is 65.1 Å². The average molecular weight is 681 g/mol. The number of methoxy groups -OCH3 is 2. The van der Waals surface area contributed by atoms with Crippen LogP contribution in [0, 0.1) is 13.8 Å². The lowest BCUT2D eigenvalue weighted by Gasteiger charge is -2.18. The maximum Gasteiger partial charge on any atom is 0.310 e. The number of aryl methyl sites for hydroxylation is 3. The molecule has 5 N–H and O–H groups in total. The largest absolute Gasteiger partial charge is 0.469 e. The van der Waals surface area contributed by atoms with Gasteiger partial charge in [-0.15, -0.1) is 0 Å². The Bertz CT molecular complexity index is 2050. The standard InChI is InChI=1S/C39H48N6O5/c1-9-24-20(3)28-17-30-22(5)26(12-13-34(46)49-7)37(44-30)27(16-35(47)50-8)38-36(39(48)41-15-11-14-40)23(6)31(45-38)19-33-25(10-2)21(4)29(43-33)18-32(24)42-28/h9,17-19,22,26,42-43H,1,10-16,40H2,2-8H3,(H,41,48). The smallest absolute Gasteiger partial charge is 0.310 e. The topological polar surface area (TPSA) is 165 Å². The van der Waals surface area contributed by atoms with Crippen LogP contribution in [0.1, 0.15) is 102 Å². The van der Waals surface area contributed by atoms with E-state index in [-0.39, 0.29) is 36.6 Å². The van der Waals surface area contributed by atoms with E-state index < -0.39 is 5.97 Å². The van der Waals surface area contributed by atoms with Crippen molar-refractivity contribution in [1.29, 1.82) is 0 Å². The van der Waals surface area contributed by atoms with Gasteiger partial charge in [0.25, 0.3) is 5.91 Å². The van der Waals surface area contributed by atoms with Gasteiger partial charge >= 0.3 is 11.9 Å². The minimum absolute atomic E-state index is 0.149. The van der Waals surface area contributed by atoms with Gasteiger partial charge in [0, 0.05) is 63.7 Å². The molecule has 3 aromatic heterocycles. The van der Waals surface area contributed by atoms with E-state index in [9.17, 15) is 14.4 Å². The molecule has 0 saturated heterocycles. The quantitative estimate of drug-likeness (QED) is 0.140. The van der Waals surface area contributed by atoms with E-state index in [0.29, 0.717) is 59.7 Å². The molecule has 264 valence electrons. The second-order valence-corrected chi connectivity index (χ2v) is 12.9. The zero-order chi connectivity index (χ0) is 36.3. The monoisotopic (exact) mass is 680 g/mol. The normalized spacial score (nSPS) is 15.6. The van der Waals surface area contributed by atoms with Gasteiger partial charge in [-0.1, -0.05) is 26.5 Å². The summed E-state index contributed by atoms with van der Waals surface area (Å²) in [6.45, 7) is 15.1. The minimum Gasteiger partial charge on any atom is -0.469 e. The highest BCUT2D eigenvalue weighted by Gasteiger charge is 2.35. The Kier molecular flexibility index (Phi) is 11.1. The van der Waals surface area contributed by atoms with Crippen molar-refractivity contribution >= 4 is 57.1 Å². The number of amides is 1. The van der Waals surface area contributed by atoms with Gasteiger partial charge in [0.05, 0.1) is 43.3 Å². The highest BCUT2D eigenvalue weighted by Crippen LogP contribution is 2.44. The lowest BCUT2D eigenvalue weighted by molar-refractivity contribution is -0.141. The number of aromatic amines is 2. The lowest BCUT2D eigenvalue weighted by atomic mass is 9.84. The fourth-order valence-electron chi connectivity index (χ4n) is 7.10. The van der Waals surface area contributed by atoms with Gasteiger partial charge < -0.3 is 30.5 Å². The van der Waals surface area contributed by atoms with E-state index in [2.05, 4.69) is 48.7 Å². The maximum absolute atomic E-state index is 14.0. The Labute approximate surface area is 292 Å². The van der Waals surface area contributed by atoms with Gasteiger partial charge in [0.2, 0.25) is 0 Å². The van der Waals surface area contributed by atoms with Crippen molar-refractivity contribution in [1.82, 2.24) is 25.3 Å². The fourth-order valence-corrected chi connectivity index (χ4v) is 7.10. The molecule has 2 aliphatic rings. The zero-order valence-corrected chi connectivity index (χ0v) is 30.1. The predicted octanol–water partition coefficient (Wildman–Crippen LogP) is 6.09. The molecule has 2 unspecified atom stereocenters. The summed E-state index contributed by atoms with van der Waals surface area (Å²) < 4.78 is 10.2. The molecule has 0 saturated carbocycles. The summed E-state index contributed by atoms with van der Waals surface area (Å²) in [5.41, 5.74) is 17.4. The van der Waals surface area contributed by atoms with E-state index in [0.717, 1.165) is 56.4 Å². The highest BCUT2D eigenvalue weighted by atomic mass is 16.5. The molecule has 11 nitrogen and oxygen atoms in total. The third-order valence-corrected chi connectivity index (χ3v) is 10.1. The number of allylic oxidation sites excluding steroid dienone is 1. The Morgan fingerprint density at radius 2 is 1.66 bits per heavy atom. The molecule has 50 heavy (non-hydrogen) atoms. The first-order chi connectivity index (χ1) is 24.0. The van der Waals surface area contributed by atoms with E-state index in [4.69, 9.17) is 25.2 Å². The van der Waals surface area contributed by atoms with Crippen molar-refractivity contribution in [3.8, 4) is 0 Å². The molecule has 2 atom stereocenters. The first kappa shape index (κ1) is 36.3. The zero-order valence-electron chi connectivity index (χ0n) is 30.1. The van der Waals surface area contributed by atoms with Crippen LogP contribution in [0.15, 0.2) is 24.8 Å². The number of aromatic nitrogens is 4. The number of carbonyl (C=O) groups excluding carboxylic acids is 3. The summed E-state index contributed by atoms with van der Waals surface area (Å²) in [5, 5.41) is 3.00. The summed E-state index contributed by atoms with van der Waals surface area (Å²) in [5.74, 6) is -1.59. The van der Waals surface area contributed by atoms with E-state index in [1.165, 1.54) is 14.2 Å². The van der Waals surface area contributed by atoms with Gasteiger partial charge in [-0.25, -0.2) is 4.98 Å². The fraction of sp³-hybridized carbons (Fsp3) is 0.410. The number of ether oxygens (including phenoxy) is 2. The molecule has 3 aromatic rings. The molecular weight excluding hydrogens is 632 g/mol. The van der Waals surface area contributed by atoms with E-state index >= 15 is 0 Å². The summed E-state index contributed by atoms with van der Waals surface area (Å²) in [6.07, 6.45) is 3.62. The number of fused-ring (bicyclic) bond motifs is 8. The Hall–Kier alpha value is -5.03. The van der Waals surface area contributed by atoms with E-state index in [1.54, 1.807) is 0 Å². The first-order valence-corrected chi connectivity index (χ1v) is 17.2. The van der Waals surface area contributed by atoms with Crippen LogP contribution >= 0.6 is 0 Å². The molecule has 0 spiro atoms.